The van der Waals surface area contributed by atoms with Crippen LogP contribution in [0.3, 0.4) is 0 Å². The standard InChI is InChI=1S/C42H47N18O3/c1-55-17-9-7-11-37(55)49-43-30-46-53-41-28-36(15-21-58(41)4)63-24-23-59-18-10-8-12-38(59)50-44-31-45-51-39-25-33(13-19-56(39)2)29-60-22-16-35(62-6)27-42(60)54-48-32-47-52-40-26-34(61-5)14-20-57(40)3/h7-22,25-28,30-32H,23-24,29H2,1-6H3/q+3. The highest BCUT2D eigenvalue weighted by molar-refractivity contribution is 5.55. The first-order valence-corrected chi connectivity index (χ1v) is 19.3. The summed E-state index contributed by atoms with van der Waals surface area (Å²) in [5, 5.41) is 50.2. The molecular weight excluding hydrogens is 805 g/mol. The van der Waals surface area contributed by atoms with Gasteiger partial charge in [0.2, 0.25) is 0 Å². The van der Waals surface area contributed by atoms with Crippen molar-refractivity contribution in [2.75, 3.05) is 20.8 Å². The first-order valence-electron chi connectivity index (χ1n) is 19.3. The molecule has 0 saturated carbocycles. The van der Waals surface area contributed by atoms with E-state index >= 15 is 0 Å². The average molecular weight is 852 g/mol. The van der Waals surface area contributed by atoms with Gasteiger partial charge in [-0.1, -0.05) is 12.1 Å². The van der Waals surface area contributed by atoms with Crippen molar-refractivity contribution >= 4 is 36.5 Å². The summed E-state index contributed by atoms with van der Waals surface area (Å²) < 4.78 is 27.9. The molecule has 0 atom stereocenters. The van der Waals surface area contributed by atoms with Crippen LogP contribution in [0, 0.1) is 0 Å². The molecule has 0 bridgehead atoms. The van der Waals surface area contributed by atoms with Crippen LogP contribution >= 0.6 is 0 Å². The molecule has 63 heavy (non-hydrogen) atoms. The van der Waals surface area contributed by atoms with E-state index < -0.39 is 0 Å². The number of rotatable bonds is 17. The lowest BCUT2D eigenvalue weighted by Gasteiger charge is -2.09. The molecule has 0 aliphatic carbocycles. The van der Waals surface area contributed by atoms with Gasteiger partial charge in [0.05, 0.1) is 68.3 Å². The Bertz CT molecular complexity index is 2910. The molecule has 0 N–H and O–H groups in total. The van der Waals surface area contributed by atoms with Gasteiger partial charge in [0.1, 0.15) is 30.4 Å². The van der Waals surface area contributed by atoms with E-state index in [0.717, 1.165) is 5.56 Å². The lowest BCUT2D eigenvalue weighted by molar-refractivity contribution is -0.685. The number of ether oxygens (including phenoxy) is 3. The van der Waals surface area contributed by atoms with Crippen LogP contribution in [-0.2, 0) is 41.3 Å². The highest BCUT2D eigenvalue weighted by atomic mass is 16.5. The van der Waals surface area contributed by atoms with Crippen molar-refractivity contribution in [3.63, 3.8) is 0 Å². The van der Waals surface area contributed by atoms with Crippen LogP contribution in [0.1, 0.15) is 5.56 Å². The zero-order chi connectivity index (χ0) is 44.2. The summed E-state index contributed by atoms with van der Waals surface area (Å²) in [5.41, 5.74) is 2.66. The van der Waals surface area contributed by atoms with Crippen molar-refractivity contribution in [2.24, 2.45) is 89.5 Å². The molecule has 6 heterocycles. The minimum Gasteiger partial charge on any atom is -0.497 e. The van der Waals surface area contributed by atoms with Gasteiger partial charge in [-0.25, -0.2) is 13.7 Å². The Kier molecular flexibility index (Phi) is 15.9. The van der Waals surface area contributed by atoms with E-state index in [1.165, 1.54) is 19.0 Å². The molecule has 0 saturated heterocycles. The van der Waals surface area contributed by atoms with Gasteiger partial charge in [0, 0.05) is 69.6 Å². The third-order valence-corrected chi connectivity index (χ3v) is 9.00. The highest BCUT2D eigenvalue weighted by Crippen LogP contribution is 2.15. The molecule has 0 amide bonds. The number of pyridine rings is 6. The smallest absolute Gasteiger partial charge is 0.354 e. The zero-order valence-electron chi connectivity index (χ0n) is 35.7. The minimum absolute atomic E-state index is 0.361. The number of aryl methyl sites for hydroxylation is 4. The van der Waals surface area contributed by atoms with Gasteiger partial charge in [-0.3, -0.25) is 0 Å². The summed E-state index contributed by atoms with van der Waals surface area (Å²) in [5.74, 6) is 3.82. The van der Waals surface area contributed by atoms with Gasteiger partial charge in [-0.15, -0.1) is 30.6 Å². The molecule has 0 aromatic carbocycles. The maximum Gasteiger partial charge on any atom is 0.354 e. The summed E-state index contributed by atoms with van der Waals surface area (Å²) >= 11 is 0. The molecule has 0 unspecified atom stereocenters. The number of aromatic nitrogens is 6. The lowest BCUT2D eigenvalue weighted by Crippen LogP contribution is -2.36. The maximum absolute atomic E-state index is 6.04. The largest absolute Gasteiger partial charge is 0.497 e. The second-order valence-electron chi connectivity index (χ2n) is 13.3. The van der Waals surface area contributed by atoms with Crippen LogP contribution < -0.4 is 44.4 Å². The molecule has 0 aliphatic rings. The SMILES string of the molecule is COc1cc[n+](C)c(N=NC=NN=c2cc(OC)ccn2Cc2ccn(C)c(=NN=CN=Nc3cccc[n+]3CCOc3ccn(C)c(=NN=CN=Nc4cccc[n+]4C)c3)c2)c1. The number of nitrogens with zero attached hydrogens (tertiary/aromatic N) is 18. The molecule has 21 heteroatoms. The van der Waals surface area contributed by atoms with E-state index in [0.29, 0.717) is 70.9 Å². The normalized spacial score (nSPS) is 13.0. The Labute approximate surface area is 362 Å². The van der Waals surface area contributed by atoms with Gasteiger partial charge >= 0.3 is 17.5 Å². The Balaban J connectivity index is 1.07. The Hall–Kier alpha value is -8.49. The molecule has 6 aromatic rings. The molecule has 6 aromatic heterocycles. The van der Waals surface area contributed by atoms with Gasteiger partial charge < -0.3 is 27.9 Å². The fourth-order valence-corrected chi connectivity index (χ4v) is 5.54. The van der Waals surface area contributed by atoms with E-state index in [1.807, 2.05) is 160 Å². The Morgan fingerprint density at radius 2 is 1.13 bits per heavy atom. The predicted molar refractivity (Wildman–Crippen MR) is 231 cm³/mol. The molecular formula is C42H47N18O3+3. The third-order valence-electron chi connectivity index (χ3n) is 9.00. The van der Waals surface area contributed by atoms with Gasteiger partial charge in [0.25, 0.3) is 0 Å². The number of azo groups is 3. The van der Waals surface area contributed by atoms with Crippen LogP contribution in [0.25, 0.3) is 0 Å². The van der Waals surface area contributed by atoms with Crippen LogP contribution in [0.15, 0.2) is 183 Å². The highest BCUT2D eigenvalue weighted by Gasteiger charge is 2.10. The van der Waals surface area contributed by atoms with Gasteiger partial charge in [-0.2, -0.15) is 0 Å². The summed E-state index contributed by atoms with van der Waals surface area (Å²) in [4.78, 5) is 0. The average Bonchev–Trinajstić information content (AvgIpc) is 3.30. The summed E-state index contributed by atoms with van der Waals surface area (Å²) in [7, 11) is 10.7. The minimum atomic E-state index is 0.361. The maximum atomic E-state index is 6.04. The van der Waals surface area contributed by atoms with E-state index in [-0.39, 0.29) is 0 Å². The summed E-state index contributed by atoms with van der Waals surface area (Å²) in [6.45, 7) is 1.32. The van der Waals surface area contributed by atoms with Crippen molar-refractivity contribution in [3.05, 3.63) is 144 Å². The molecule has 6 rings (SSSR count). The van der Waals surface area contributed by atoms with Crippen molar-refractivity contribution in [2.45, 2.75) is 13.1 Å². The van der Waals surface area contributed by atoms with Crippen molar-refractivity contribution in [1.29, 1.82) is 0 Å². The van der Waals surface area contributed by atoms with Gasteiger partial charge in [0.15, 0.2) is 35.5 Å². The molecule has 0 fully saturated rings. The van der Waals surface area contributed by atoms with Gasteiger partial charge in [-0.05, 0) is 57.3 Å². The van der Waals surface area contributed by atoms with Crippen LogP contribution in [0.2, 0.25) is 0 Å². The zero-order valence-corrected chi connectivity index (χ0v) is 35.7. The van der Waals surface area contributed by atoms with E-state index in [4.69, 9.17) is 14.2 Å². The first-order chi connectivity index (χ1) is 30.8. The second kappa shape index (κ2) is 22.8. The molecule has 320 valence electrons. The van der Waals surface area contributed by atoms with Crippen LogP contribution in [-0.4, -0.2) is 53.5 Å². The molecule has 0 aliphatic heterocycles. The summed E-state index contributed by atoms with van der Waals surface area (Å²) in [6.07, 6.45) is 15.1. The van der Waals surface area contributed by atoms with Crippen molar-refractivity contribution < 1.29 is 27.9 Å². The number of methoxy groups -OCH3 is 2. The quantitative estimate of drug-likeness (QED) is 0.0438. The molecule has 0 spiro atoms. The fourth-order valence-electron chi connectivity index (χ4n) is 5.54. The van der Waals surface area contributed by atoms with Crippen molar-refractivity contribution in [3.8, 4) is 17.2 Å². The lowest BCUT2D eigenvalue weighted by atomic mass is 10.2. The second-order valence-corrected chi connectivity index (χ2v) is 13.3. The van der Waals surface area contributed by atoms with E-state index in [2.05, 4.69) is 61.3 Å². The topological polar surface area (TPSA) is 202 Å². The number of hydrogen-bond acceptors (Lipinski definition) is 12. The fraction of sp³-hybridized carbons (Fsp3) is 0.214. The van der Waals surface area contributed by atoms with E-state index in [9.17, 15) is 0 Å². The monoisotopic (exact) mass is 851 g/mol. The summed E-state index contributed by atoms with van der Waals surface area (Å²) in [6, 6.07) is 26.0. The molecule has 21 nitrogen and oxygen atoms in total. The van der Waals surface area contributed by atoms with E-state index in [1.54, 1.807) is 32.4 Å². The Morgan fingerprint density at radius 3 is 1.84 bits per heavy atom. The Morgan fingerprint density at radius 1 is 0.556 bits per heavy atom. The van der Waals surface area contributed by atoms with Crippen molar-refractivity contribution in [1.82, 2.24) is 13.7 Å². The first kappa shape index (κ1) is 44.1. The van der Waals surface area contributed by atoms with Crippen LogP contribution in [0.5, 0.6) is 17.2 Å². The third kappa shape index (κ3) is 13.3. The number of hydrogen-bond donors (Lipinski definition) is 0. The predicted octanol–water partition coefficient (Wildman–Crippen LogP) is 4.13. The van der Waals surface area contributed by atoms with Crippen LogP contribution in [0.4, 0.5) is 17.5 Å². The molecule has 0 radical (unpaired) electrons.